The number of hydrogen-bond donors (Lipinski definition) is 2. The Morgan fingerprint density at radius 1 is 1.04 bits per heavy atom. The second-order valence-corrected chi connectivity index (χ2v) is 6.92. The number of aromatic nitrogens is 2. The van der Waals surface area contributed by atoms with Crippen molar-refractivity contribution in [2.45, 2.75) is 40.8 Å². The maximum absolute atomic E-state index is 6.08. The zero-order valence-electron chi connectivity index (χ0n) is 16.9. The third kappa shape index (κ3) is 5.34. The van der Waals surface area contributed by atoms with Gasteiger partial charge in [0.05, 0.1) is 18.8 Å². The number of nitrogens with one attached hydrogen (secondary N) is 1. The average molecular weight is 489 g/mol. The Morgan fingerprint density at radius 3 is 2.43 bits per heavy atom. The van der Waals surface area contributed by atoms with Gasteiger partial charge in [-0.05, 0) is 56.5 Å². The fourth-order valence-electron chi connectivity index (χ4n) is 3.04. The highest BCUT2D eigenvalue weighted by molar-refractivity contribution is 14.0. The molecule has 0 atom stereocenters. The van der Waals surface area contributed by atoms with Gasteiger partial charge in [0.2, 0.25) is 0 Å². The van der Waals surface area contributed by atoms with E-state index in [0.717, 1.165) is 29.2 Å². The number of aryl methyl sites for hydroxylation is 3. The molecule has 3 N–H and O–H groups in total. The van der Waals surface area contributed by atoms with Crippen LogP contribution in [0, 0.1) is 27.7 Å². The van der Waals surface area contributed by atoms with Crippen LogP contribution in [0.5, 0.6) is 0 Å². The van der Waals surface area contributed by atoms with Crippen molar-refractivity contribution in [3.8, 4) is 0 Å². The fourth-order valence-corrected chi connectivity index (χ4v) is 3.04. The Kier molecular flexibility index (Phi) is 7.62. The van der Waals surface area contributed by atoms with E-state index < -0.39 is 0 Å². The van der Waals surface area contributed by atoms with E-state index in [2.05, 4.69) is 60.4 Å². The maximum atomic E-state index is 6.08. The predicted octanol–water partition coefficient (Wildman–Crippen LogP) is 4.71. The average Bonchev–Trinajstić information content (AvgIpc) is 2.90. The first kappa shape index (κ1) is 21.9. The third-order valence-electron chi connectivity index (χ3n) is 4.89. The van der Waals surface area contributed by atoms with Crippen LogP contribution in [0.4, 0.5) is 5.69 Å². The van der Waals surface area contributed by atoms with Crippen LogP contribution in [0.3, 0.4) is 0 Å². The van der Waals surface area contributed by atoms with Crippen molar-refractivity contribution >= 4 is 35.6 Å². The summed E-state index contributed by atoms with van der Waals surface area (Å²) in [6.07, 6.45) is 0. The molecule has 0 unspecified atom stereocenters. The summed E-state index contributed by atoms with van der Waals surface area (Å²) in [6, 6.07) is 16.5. The highest BCUT2D eigenvalue weighted by Gasteiger charge is 2.11. The van der Waals surface area contributed by atoms with E-state index in [4.69, 9.17) is 5.73 Å². The van der Waals surface area contributed by atoms with E-state index in [1.165, 1.54) is 16.7 Å². The fraction of sp³-hybridized carbons (Fsp3) is 0.273. The number of anilines is 1. The van der Waals surface area contributed by atoms with Crippen molar-refractivity contribution in [3.63, 3.8) is 0 Å². The number of rotatable bonds is 5. The highest BCUT2D eigenvalue weighted by Crippen LogP contribution is 2.17. The molecule has 0 fully saturated rings. The van der Waals surface area contributed by atoms with Crippen molar-refractivity contribution < 1.29 is 0 Å². The minimum atomic E-state index is 0. The number of hydrogen-bond acceptors (Lipinski definition) is 2. The molecule has 0 spiro atoms. The van der Waals surface area contributed by atoms with Gasteiger partial charge in [-0.3, -0.25) is 4.68 Å². The lowest BCUT2D eigenvalue weighted by molar-refractivity contribution is 0.658. The molecule has 0 saturated carbocycles. The Labute approximate surface area is 184 Å². The lowest BCUT2D eigenvalue weighted by Crippen LogP contribution is -2.22. The third-order valence-corrected chi connectivity index (χ3v) is 4.89. The lowest BCUT2D eigenvalue weighted by atomic mass is 10.1. The van der Waals surface area contributed by atoms with E-state index in [0.29, 0.717) is 12.5 Å². The summed E-state index contributed by atoms with van der Waals surface area (Å²) in [5.41, 5.74) is 14.0. The van der Waals surface area contributed by atoms with Gasteiger partial charge in [-0.1, -0.05) is 36.4 Å². The van der Waals surface area contributed by atoms with Gasteiger partial charge in [-0.15, -0.1) is 24.0 Å². The van der Waals surface area contributed by atoms with Crippen molar-refractivity contribution in [1.29, 1.82) is 0 Å². The smallest absolute Gasteiger partial charge is 0.193 e. The number of benzene rings is 2. The molecule has 28 heavy (non-hydrogen) atoms. The molecule has 1 aromatic heterocycles. The topological polar surface area (TPSA) is 68.2 Å². The summed E-state index contributed by atoms with van der Waals surface area (Å²) in [4.78, 5) is 4.51. The quantitative estimate of drug-likeness (QED) is 0.310. The number of aliphatic imine (C=N–C) groups is 1. The zero-order valence-corrected chi connectivity index (χ0v) is 19.2. The Hall–Kier alpha value is -2.35. The number of halogens is 1. The molecule has 0 saturated heterocycles. The van der Waals surface area contributed by atoms with Crippen molar-refractivity contribution in [1.82, 2.24) is 9.78 Å². The number of guanidine groups is 1. The monoisotopic (exact) mass is 489 g/mol. The number of nitrogens with two attached hydrogens (primary N) is 1. The van der Waals surface area contributed by atoms with Crippen LogP contribution in [0.1, 0.15) is 33.6 Å². The molecule has 0 radical (unpaired) electrons. The van der Waals surface area contributed by atoms with E-state index in [-0.39, 0.29) is 24.0 Å². The van der Waals surface area contributed by atoms with Crippen molar-refractivity contribution in [2.75, 3.05) is 5.32 Å². The molecule has 0 amide bonds. The van der Waals surface area contributed by atoms with Gasteiger partial charge in [0.1, 0.15) is 0 Å². The molecular formula is C22H28IN5. The minimum Gasteiger partial charge on any atom is -0.370 e. The van der Waals surface area contributed by atoms with Gasteiger partial charge in [0.25, 0.3) is 0 Å². The standard InChI is InChI=1S/C22H27N5.HI/c1-15-10-11-20(12-16(15)2)25-22(23)24-13-21-17(3)26-27(18(21)4)14-19-8-6-5-7-9-19;/h5-12H,13-14H2,1-4H3,(H3,23,24,25);1H. The molecule has 1 heterocycles. The van der Waals surface area contributed by atoms with Gasteiger partial charge in [-0.2, -0.15) is 5.10 Å². The van der Waals surface area contributed by atoms with Crippen LogP contribution in [0.2, 0.25) is 0 Å². The molecular weight excluding hydrogens is 461 g/mol. The first-order valence-electron chi connectivity index (χ1n) is 9.15. The van der Waals surface area contributed by atoms with Gasteiger partial charge >= 0.3 is 0 Å². The first-order chi connectivity index (χ1) is 12.9. The van der Waals surface area contributed by atoms with Gasteiger partial charge in [0.15, 0.2) is 5.96 Å². The summed E-state index contributed by atoms with van der Waals surface area (Å²) >= 11 is 0. The van der Waals surface area contributed by atoms with Gasteiger partial charge in [-0.25, -0.2) is 4.99 Å². The second kappa shape index (κ2) is 9.73. The van der Waals surface area contributed by atoms with Crippen LogP contribution in [0.25, 0.3) is 0 Å². The predicted molar refractivity (Wildman–Crippen MR) is 128 cm³/mol. The van der Waals surface area contributed by atoms with Crippen LogP contribution < -0.4 is 11.1 Å². The second-order valence-electron chi connectivity index (χ2n) is 6.92. The molecule has 6 heteroatoms. The summed E-state index contributed by atoms with van der Waals surface area (Å²) in [5.74, 6) is 0.410. The van der Waals surface area contributed by atoms with Crippen LogP contribution in [0.15, 0.2) is 53.5 Å². The lowest BCUT2D eigenvalue weighted by Gasteiger charge is -2.08. The van der Waals surface area contributed by atoms with Crippen molar-refractivity contribution in [2.24, 2.45) is 10.7 Å². The molecule has 0 aliphatic heterocycles. The van der Waals surface area contributed by atoms with Gasteiger partial charge in [0, 0.05) is 16.9 Å². The SMILES string of the molecule is Cc1ccc(NC(N)=NCc2c(C)nn(Cc3ccccc3)c2C)cc1C.I. The minimum absolute atomic E-state index is 0. The van der Waals surface area contributed by atoms with E-state index in [1.807, 2.05) is 35.9 Å². The van der Waals surface area contributed by atoms with E-state index in [1.54, 1.807) is 0 Å². The molecule has 148 valence electrons. The Bertz CT molecular complexity index is 961. The normalized spacial score (nSPS) is 11.2. The molecule has 2 aromatic carbocycles. The largest absolute Gasteiger partial charge is 0.370 e. The molecule has 3 rings (SSSR count). The summed E-state index contributed by atoms with van der Waals surface area (Å²) in [7, 11) is 0. The van der Waals surface area contributed by atoms with E-state index in [9.17, 15) is 0 Å². The van der Waals surface area contributed by atoms with Crippen LogP contribution in [-0.2, 0) is 13.1 Å². The molecule has 0 aliphatic rings. The number of nitrogens with zero attached hydrogens (tertiary/aromatic N) is 3. The first-order valence-corrected chi connectivity index (χ1v) is 9.15. The van der Waals surface area contributed by atoms with Crippen molar-refractivity contribution in [3.05, 3.63) is 82.2 Å². The Morgan fingerprint density at radius 2 is 1.75 bits per heavy atom. The molecule has 3 aromatic rings. The summed E-state index contributed by atoms with van der Waals surface area (Å²) in [6.45, 7) is 9.55. The zero-order chi connectivity index (χ0) is 19.4. The highest BCUT2D eigenvalue weighted by atomic mass is 127. The molecule has 0 aliphatic carbocycles. The molecule has 0 bridgehead atoms. The van der Waals surface area contributed by atoms with Crippen LogP contribution in [-0.4, -0.2) is 15.7 Å². The maximum Gasteiger partial charge on any atom is 0.193 e. The summed E-state index contributed by atoms with van der Waals surface area (Å²) < 4.78 is 2.03. The van der Waals surface area contributed by atoms with E-state index >= 15 is 0 Å². The Balaban J connectivity index is 0.00000280. The summed E-state index contributed by atoms with van der Waals surface area (Å²) in [5, 5.41) is 7.84. The van der Waals surface area contributed by atoms with Crippen LogP contribution >= 0.6 is 24.0 Å². The molecule has 5 nitrogen and oxygen atoms in total. The van der Waals surface area contributed by atoms with Gasteiger partial charge < -0.3 is 11.1 Å².